The van der Waals surface area contributed by atoms with Gasteiger partial charge in [-0.15, -0.1) is 0 Å². The lowest BCUT2D eigenvalue weighted by molar-refractivity contribution is -0.137. The number of benzene rings is 2. The Kier molecular flexibility index (Phi) is 4.70. The van der Waals surface area contributed by atoms with Gasteiger partial charge in [-0.3, -0.25) is 4.79 Å². The highest BCUT2D eigenvalue weighted by molar-refractivity contribution is 5.96. The molecule has 0 bridgehead atoms. The maximum atomic E-state index is 12.4. The van der Waals surface area contributed by atoms with Crippen LogP contribution in [0.5, 0.6) is 5.75 Å². The van der Waals surface area contributed by atoms with Gasteiger partial charge in [0.2, 0.25) is 0 Å². The van der Waals surface area contributed by atoms with Crippen LogP contribution in [0.3, 0.4) is 0 Å². The van der Waals surface area contributed by atoms with Crippen molar-refractivity contribution in [2.45, 2.75) is 12.6 Å². The van der Waals surface area contributed by atoms with Crippen LogP contribution in [0.2, 0.25) is 0 Å². The number of carbonyl (C=O) groups is 1. The van der Waals surface area contributed by atoms with E-state index in [1.54, 1.807) is 12.1 Å². The van der Waals surface area contributed by atoms with Crippen LogP contribution in [0.1, 0.15) is 21.5 Å². The standard InChI is InChI=1S/C16H14F3NO2/c17-16(18,19)12-7-5-11(6-8-12)9-10-20-15(22)13-3-1-2-4-14(13)21/h1-8,21H,9-10H2,(H,20,22). The zero-order valence-electron chi connectivity index (χ0n) is 11.5. The van der Waals surface area contributed by atoms with Gasteiger partial charge >= 0.3 is 6.18 Å². The van der Waals surface area contributed by atoms with Gasteiger partial charge < -0.3 is 10.4 Å². The minimum atomic E-state index is -4.35. The molecule has 22 heavy (non-hydrogen) atoms. The second-order valence-electron chi connectivity index (χ2n) is 4.72. The molecule has 3 nitrogen and oxygen atoms in total. The van der Waals surface area contributed by atoms with E-state index < -0.39 is 17.6 Å². The molecule has 0 atom stereocenters. The number of alkyl halides is 3. The van der Waals surface area contributed by atoms with E-state index in [0.29, 0.717) is 12.0 Å². The summed E-state index contributed by atoms with van der Waals surface area (Å²) in [7, 11) is 0. The average molecular weight is 309 g/mol. The summed E-state index contributed by atoms with van der Waals surface area (Å²) in [5, 5.41) is 12.1. The summed E-state index contributed by atoms with van der Waals surface area (Å²) in [5.41, 5.74) is 0.148. The minimum absolute atomic E-state index is 0.116. The molecule has 0 spiro atoms. The van der Waals surface area contributed by atoms with E-state index >= 15 is 0 Å². The van der Waals surface area contributed by atoms with Crippen LogP contribution in [-0.4, -0.2) is 17.6 Å². The monoisotopic (exact) mass is 309 g/mol. The number of amides is 1. The number of rotatable bonds is 4. The maximum absolute atomic E-state index is 12.4. The van der Waals surface area contributed by atoms with Crippen molar-refractivity contribution in [3.8, 4) is 5.75 Å². The first kappa shape index (κ1) is 15.9. The second-order valence-corrected chi connectivity index (χ2v) is 4.72. The van der Waals surface area contributed by atoms with Crippen LogP contribution in [0.15, 0.2) is 48.5 Å². The predicted octanol–water partition coefficient (Wildman–Crippen LogP) is 3.38. The largest absolute Gasteiger partial charge is 0.507 e. The molecule has 0 saturated carbocycles. The lowest BCUT2D eigenvalue weighted by Crippen LogP contribution is -2.25. The summed E-state index contributed by atoms with van der Waals surface area (Å²) in [6.45, 7) is 0.262. The molecule has 2 aromatic rings. The van der Waals surface area contributed by atoms with E-state index in [9.17, 15) is 23.1 Å². The van der Waals surface area contributed by atoms with Crippen molar-refractivity contribution in [3.05, 3.63) is 65.2 Å². The Morgan fingerprint density at radius 1 is 1.05 bits per heavy atom. The number of halogens is 3. The molecule has 0 aliphatic rings. The van der Waals surface area contributed by atoms with E-state index in [0.717, 1.165) is 12.1 Å². The minimum Gasteiger partial charge on any atom is -0.507 e. The van der Waals surface area contributed by atoms with Crippen LogP contribution < -0.4 is 5.32 Å². The first-order chi connectivity index (χ1) is 10.4. The first-order valence-electron chi connectivity index (χ1n) is 6.60. The highest BCUT2D eigenvalue weighted by atomic mass is 19.4. The lowest BCUT2D eigenvalue weighted by Gasteiger charge is -2.09. The van der Waals surface area contributed by atoms with Crippen LogP contribution >= 0.6 is 0 Å². The van der Waals surface area contributed by atoms with Crippen LogP contribution in [-0.2, 0) is 12.6 Å². The smallest absolute Gasteiger partial charge is 0.416 e. The third-order valence-corrected chi connectivity index (χ3v) is 3.13. The molecule has 6 heteroatoms. The molecule has 0 unspecified atom stereocenters. The van der Waals surface area contributed by atoms with Gasteiger partial charge in [0.05, 0.1) is 11.1 Å². The van der Waals surface area contributed by atoms with Crippen molar-refractivity contribution in [2.75, 3.05) is 6.54 Å². The average Bonchev–Trinajstić information content (AvgIpc) is 2.47. The molecule has 2 N–H and O–H groups in total. The van der Waals surface area contributed by atoms with Crippen molar-refractivity contribution in [3.63, 3.8) is 0 Å². The number of hydrogen-bond donors (Lipinski definition) is 2. The van der Waals surface area contributed by atoms with Crippen LogP contribution in [0, 0.1) is 0 Å². The van der Waals surface area contributed by atoms with Gasteiger partial charge in [0.25, 0.3) is 5.91 Å². The Bertz CT molecular complexity index is 651. The Balaban J connectivity index is 1.89. The molecule has 0 aliphatic heterocycles. The topological polar surface area (TPSA) is 49.3 Å². The van der Waals surface area contributed by atoms with Gasteiger partial charge in [0, 0.05) is 6.54 Å². The Morgan fingerprint density at radius 3 is 2.27 bits per heavy atom. The van der Waals surface area contributed by atoms with E-state index in [1.165, 1.54) is 24.3 Å². The Labute approximate surface area is 125 Å². The molecule has 0 aromatic heterocycles. The molecule has 1 amide bonds. The van der Waals surface area contributed by atoms with Crippen molar-refractivity contribution in [1.82, 2.24) is 5.32 Å². The third kappa shape index (κ3) is 4.00. The molecule has 0 heterocycles. The molecule has 0 aliphatic carbocycles. The molecule has 0 fully saturated rings. The predicted molar refractivity (Wildman–Crippen MR) is 75.6 cm³/mol. The number of nitrogens with one attached hydrogen (secondary N) is 1. The summed E-state index contributed by atoms with van der Waals surface area (Å²) in [4.78, 5) is 11.8. The molecule has 116 valence electrons. The summed E-state index contributed by atoms with van der Waals surface area (Å²) in [6.07, 6.45) is -3.95. The van der Waals surface area contributed by atoms with E-state index in [2.05, 4.69) is 5.32 Å². The quantitative estimate of drug-likeness (QED) is 0.909. The first-order valence-corrected chi connectivity index (χ1v) is 6.60. The summed E-state index contributed by atoms with van der Waals surface area (Å²) < 4.78 is 37.3. The highest BCUT2D eigenvalue weighted by Crippen LogP contribution is 2.29. The summed E-state index contributed by atoms with van der Waals surface area (Å²) >= 11 is 0. The van der Waals surface area contributed by atoms with E-state index in [4.69, 9.17) is 0 Å². The molecule has 2 aromatic carbocycles. The number of carbonyl (C=O) groups excluding carboxylic acids is 1. The van der Waals surface area contributed by atoms with Gasteiger partial charge in [-0.05, 0) is 36.2 Å². The van der Waals surface area contributed by atoms with Gasteiger partial charge in [-0.1, -0.05) is 24.3 Å². The zero-order valence-corrected chi connectivity index (χ0v) is 11.5. The lowest BCUT2D eigenvalue weighted by atomic mass is 10.1. The molecule has 2 rings (SSSR count). The van der Waals surface area contributed by atoms with Crippen molar-refractivity contribution in [2.24, 2.45) is 0 Å². The number of aromatic hydroxyl groups is 1. The fourth-order valence-electron chi connectivity index (χ4n) is 1.94. The number of phenolic OH excluding ortho intramolecular Hbond substituents is 1. The zero-order chi connectivity index (χ0) is 16.2. The summed E-state index contributed by atoms with van der Waals surface area (Å²) in [6, 6.07) is 10.9. The van der Waals surface area contributed by atoms with E-state index in [1.807, 2.05) is 0 Å². The van der Waals surface area contributed by atoms with E-state index in [-0.39, 0.29) is 17.9 Å². The molecular weight excluding hydrogens is 295 g/mol. The fraction of sp³-hybridized carbons (Fsp3) is 0.188. The SMILES string of the molecule is O=C(NCCc1ccc(C(F)(F)F)cc1)c1ccccc1O. The highest BCUT2D eigenvalue weighted by Gasteiger charge is 2.29. The number of para-hydroxylation sites is 1. The van der Waals surface area contributed by atoms with Gasteiger partial charge in [-0.2, -0.15) is 13.2 Å². The normalized spacial score (nSPS) is 11.2. The van der Waals surface area contributed by atoms with Crippen molar-refractivity contribution in [1.29, 1.82) is 0 Å². The fourth-order valence-corrected chi connectivity index (χ4v) is 1.94. The maximum Gasteiger partial charge on any atom is 0.416 e. The van der Waals surface area contributed by atoms with Gasteiger partial charge in [0.15, 0.2) is 0 Å². The number of hydrogen-bond acceptors (Lipinski definition) is 2. The van der Waals surface area contributed by atoms with Crippen molar-refractivity contribution < 1.29 is 23.1 Å². The van der Waals surface area contributed by atoms with Crippen molar-refractivity contribution >= 4 is 5.91 Å². The second kappa shape index (κ2) is 6.51. The third-order valence-electron chi connectivity index (χ3n) is 3.13. The summed E-state index contributed by atoms with van der Waals surface area (Å²) in [5.74, 6) is -0.542. The molecular formula is C16H14F3NO2. The Hall–Kier alpha value is -2.50. The number of phenols is 1. The van der Waals surface area contributed by atoms with Gasteiger partial charge in [0.1, 0.15) is 5.75 Å². The van der Waals surface area contributed by atoms with Crippen LogP contribution in [0.4, 0.5) is 13.2 Å². The Morgan fingerprint density at radius 2 is 1.68 bits per heavy atom. The van der Waals surface area contributed by atoms with Gasteiger partial charge in [-0.25, -0.2) is 0 Å². The van der Waals surface area contributed by atoms with Crippen LogP contribution in [0.25, 0.3) is 0 Å². The molecule has 0 radical (unpaired) electrons. The molecule has 0 saturated heterocycles.